The first-order chi connectivity index (χ1) is 18.4. The summed E-state index contributed by atoms with van der Waals surface area (Å²) in [5, 5.41) is 17.5. The van der Waals surface area contributed by atoms with Gasteiger partial charge in [0.1, 0.15) is 5.54 Å². The van der Waals surface area contributed by atoms with Crippen LogP contribution in [0.4, 0.5) is 15.3 Å². The Morgan fingerprint density at radius 2 is 1.74 bits per heavy atom. The van der Waals surface area contributed by atoms with Crippen molar-refractivity contribution in [3.05, 3.63) is 65.2 Å². The van der Waals surface area contributed by atoms with E-state index in [1.165, 1.54) is 24.2 Å². The number of carbonyl (C=O) groups excluding carboxylic acids is 3. The lowest BCUT2D eigenvalue weighted by Crippen LogP contribution is -2.48. The van der Waals surface area contributed by atoms with Crippen molar-refractivity contribution >= 4 is 23.7 Å². The largest absolute Gasteiger partial charge is 0.334 e. The maximum absolute atomic E-state index is 13.6. The van der Waals surface area contributed by atoms with E-state index in [0.29, 0.717) is 30.1 Å². The molecule has 1 saturated carbocycles. The van der Waals surface area contributed by atoms with E-state index in [4.69, 9.17) is 5.26 Å². The Labute approximate surface area is 224 Å². The van der Waals surface area contributed by atoms with E-state index in [9.17, 15) is 14.4 Å². The predicted molar refractivity (Wildman–Crippen MR) is 146 cm³/mol. The number of hydrogen-bond acceptors (Lipinski definition) is 4. The zero-order valence-corrected chi connectivity index (χ0v) is 22.1. The van der Waals surface area contributed by atoms with Gasteiger partial charge < -0.3 is 16.0 Å². The molecular formula is C30H37N5O3. The van der Waals surface area contributed by atoms with Gasteiger partial charge in [-0.15, -0.1) is 0 Å². The molecule has 1 unspecified atom stereocenters. The molecule has 0 bridgehead atoms. The van der Waals surface area contributed by atoms with Crippen LogP contribution in [0.1, 0.15) is 81.4 Å². The molecule has 8 heteroatoms. The van der Waals surface area contributed by atoms with Gasteiger partial charge in [-0.2, -0.15) is 5.26 Å². The first-order valence-corrected chi connectivity index (χ1v) is 13.7. The van der Waals surface area contributed by atoms with Gasteiger partial charge in [0.15, 0.2) is 0 Å². The lowest BCUT2D eigenvalue weighted by atomic mass is 9.77. The first-order valence-electron chi connectivity index (χ1n) is 13.7. The minimum Gasteiger partial charge on any atom is -0.334 e. The summed E-state index contributed by atoms with van der Waals surface area (Å²) in [6.07, 6.45) is 9.27. The van der Waals surface area contributed by atoms with Crippen molar-refractivity contribution < 1.29 is 14.4 Å². The third-order valence-electron chi connectivity index (χ3n) is 7.65. The second-order valence-corrected chi connectivity index (χ2v) is 10.5. The minimum absolute atomic E-state index is 0.0910. The van der Waals surface area contributed by atoms with Crippen LogP contribution in [-0.4, -0.2) is 28.4 Å². The Hall–Kier alpha value is -3.86. The molecule has 0 radical (unpaired) electrons. The van der Waals surface area contributed by atoms with Crippen molar-refractivity contribution in [2.75, 3.05) is 5.32 Å². The van der Waals surface area contributed by atoms with Crippen LogP contribution in [0.2, 0.25) is 0 Å². The number of urea groups is 2. The van der Waals surface area contributed by atoms with E-state index in [1.54, 1.807) is 24.3 Å². The zero-order chi connectivity index (χ0) is 27.0. The van der Waals surface area contributed by atoms with Crippen LogP contribution in [0.25, 0.3) is 0 Å². The van der Waals surface area contributed by atoms with Crippen molar-refractivity contribution in [1.82, 2.24) is 15.5 Å². The van der Waals surface area contributed by atoms with Crippen molar-refractivity contribution in [1.29, 1.82) is 5.26 Å². The third kappa shape index (κ3) is 6.71. The summed E-state index contributed by atoms with van der Waals surface area (Å²) in [4.78, 5) is 40.2. The third-order valence-corrected chi connectivity index (χ3v) is 7.65. The molecule has 4 rings (SSSR count). The lowest BCUT2D eigenvalue weighted by Gasteiger charge is -2.33. The maximum Gasteiger partial charge on any atom is 0.325 e. The number of nitriles is 1. The predicted octanol–water partition coefficient (Wildman–Crippen LogP) is 5.83. The maximum atomic E-state index is 13.6. The summed E-state index contributed by atoms with van der Waals surface area (Å²) in [5.74, 6) is 0.400. The summed E-state index contributed by atoms with van der Waals surface area (Å²) in [6, 6.07) is 15.6. The monoisotopic (exact) mass is 515 g/mol. The topological polar surface area (TPSA) is 114 Å². The Morgan fingerprint density at radius 1 is 1.05 bits per heavy atom. The molecule has 3 N–H and O–H groups in total. The van der Waals surface area contributed by atoms with Gasteiger partial charge in [-0.05, 0) is 54.2 Å². The SMILES string of the molecule is CCCCC1(CC2CCCCC2)NC(=O)N(Cc2ccc(CNC(=O)Nc3ccc(C#N)cc3)cc2)C1=O. The smallest absolute Gasteiger partial charge is 0.325 e. The van der Waals surface area contributed by atoms with Crippen LogP contribution in [0.3, 0.4) is 0 Å². The molecule has 0 aromatic heterocycles. The highest BCUT2D eigenvalue weighted by Gasteiger charge is 2.51. The summed E-state index contributed by atoms with van der Waals surface area (Å²) < 4.78 is 0. The Morgan fingerprint density at radius 3 is 2.39 bits per heavy atom. The number of benzene rings is 2. The Balaban J connectivity index is 1.33. The minimum atomic E-state index is -0.777. The number of amides is 5. The molecule has 1 saturated heterocycles. The normalized spacial score (nSPS) is 19.6. The van der Waals surface area contributed by atoms with E-state index in [0.717, 1.165) is 43.2 Å². The number of hydrogen-bond donors (Lipinski definition) is 3. The fraction of sp³-hybridized carbons (Fsp3) is 0.467. The van der Waals surface area contributed by atoms with Gasteiger partial charge in [0.2, 0.25) is 0 Å². The van der Waals surface area contributed by atoms with Crippen LogP contribution in [0, 0.1) is 17.2 Å². The van der Waals surface area contributed by atoms with Crippen LogP contribution < -0.4 is 16.0 Å². The number of carbonyl (C=O) groups is 3. The molecule has 1 heterocycles. The van der Waals surface area contributed by atoms with Crippen molar-refractivity contribution in [2.24, 2.45) is 5.92 Å². The molecule has 8 nitrogen and oxygen atoms in total. The number of nitrogens with one attached hydrogen (secondary N) is 3. The Bertz CT molecular complexity index is 1170. The van der Waals surface area contributed by atoms with Gasteiger partial charge in [-0.3, -0.25) is 9.69 Å². The molecule has 5 amide bonds. The Kier molecular flexibility index (Phi) is 9.01. The quantitative estimate of drug-likeness (QED) is 0.345. The van der Waals surface area contributed by atoms with Gasteiger partial charge in [0.25, 0.3) is 5.91 Å². The number of rotatable bonds is 10. The summed E-state index contributed by atoms with van der Waals surface area (Å²) in [5.41, 5.74) is 2.11. The number of anilines is 1. The van der Waals surface area contributed by atoms with Crippen molar-refractivity contribution in [2.45, 2.75) is 83.3 Å². The highest BCUT2D eigenvalue weighted by molar-refractivity contribution is 6.07. The van der Waals surface area contributed by atoms with Gasteiger partial charge in [-0.25, -0.2) is 9.59 Å². The van der Waals surface area contributed by atoms with Gasteiger partial charge in [-0.1, -0.05) is 76.1 Å². The molecule has 1 atom stereocenters. The second-order valence-electron chi connectivity index (χ2n) is 10.5. The molecule has 38 heavy (non-hydrogen) atoms. The van der Waals surface area contributed by atoms with E-state index < -0.39 is 5.54 Å². The summed E-state index contributed by atoms with van der Waals surface area (Å²) in [6.45, 7) is 2.67. The molecule has 0 spiro atoms. The molecule has 200 valence electrons. The average molecular weight is 516 g/mol. The zero-order valence-electron chi connectivity index (χ0n) is 22.1. The molecule has 2 fully saturated rings. The average Bonchev–Trinajstić information content (AvgIpc) is 3.16. The fourth-order valence-electron chi connectivity index (χ4n) is 5.52. The number of unbranched alkanes of at least 4 members (excludes halogenated alkanes) is 1. The summed E-state index contributed by atoms with van der Waals surface area (Å²) >= 11 is 0. The van der Waals surface area contributed by atoms with Crippen molar-refractivity contribution in [3.8, 4) is 6.07 Å². The molecule has 1 aliphatic heterocycles. The van der Waals surface area contributed by atoms with E-state index >= 15 is 0 Å². The number of imide groups is 1. The molecule has 2 aliphatic rings. The molecule has 2 aromatic rings. The van der Waals surface area contributed by atoms with Crippen LogP contribution in [0.5, 0.6) is 0 Å². The first kappa shape index (κ1) is 27.2. The second kappa shape index (κ2) is 12.6. The van der Waals surface area contributed by atoms with Gasteiger partial charge in [0, 0.05) is 12.2 Å². The standard InChI is InChI=1S/C30H37N5O3/c1-2-3-17-30(18-22-7-5-4-6-8-22)27(36)35(29(38)34-30)21-25-11-9-24(10-12-25)20-32-28(37)33-26-15-13-23(19-31)14-16-26/h9-16,22H,2-8,17-18,20-21H2,1H3,(H,34,38)(H2,32,33,37). The highest BCUT2D eigenvalue weighted by Crippen LogP contribution is 2.36. The molecular weight excluding hydrogens is 478 g/mol. The van der Waals surface area contributed by atoms with E-state index in [-0.39, 0.29) is 24.5 Å². The van der Waals surface area contributed by atoms with Gasteiger partial charge >= 0.3 is 12.1 Å². The molecule has 2 aromatic carbocycles. The lowest BCUT2D eigenvalue weighted by molar-refractivity contribution is -0.132. The van der Waals surface area contributed by atoms with Crippen LogP contribution in [-0.2, 0) is 17.9 Å². The van der Waals surface area contributed by atoms with Crippen LogP contribution in [0.15, 0.2) is 48.5 Å². The highest BCUT2D eigenvalue weighted by atomic mass is 16.2. The molecule has 1 aliphatic carbocycles. The fourth-order valence-corrected chi connectivity index (χ4v) is 5.52. The summed E-state index contributed by atoms with van der Waals surface area (Å²) in [7, 11) is 0. The number of nitrogens with zero attached hydrogens (tertiary/aromatic N) is 2. The van der Waals surface area contributed by atoms with Crippen molar-refractivity contribution in [3.63, 3.8) is 0 Å². The van der Waals surface area contributed by atoms with Gasteiger partial charge in [0.05, 0.1) is 18.2 Å². The van der Waals surface area contributed by atoms with E-state index in [1.807, 2.05) is 30.3 Å². The van der Waals surface area contributed by atoms with Crippen LogP contribution >= 0.6 is 0 Å². The van der Waals surface area contributed by atoms with E-state index in [2.05, 4.69) is 22.9 Å².